The number of hydrogen-bond donors (Lipinski definition) is 0. The van der Waals surface area contributed by atoms with E-state index in [0.717, 1.165) is 22.7 Å². The molecule has 4 aliphatic heterocycles. The normalized spacial score (nSPS) is 21.3. The van der Waals surface area contributed by atoms with Gasteiger partial charge in [-0.3, -0.25) is 19.2 Å². The Morgan fingerprint density at radius 1 is 0.690 bits per heavy atom. The minimum absolute atomic E-state index is 0.0132. The van der Waals surface area contributed by atoms with Gasteiger partial charge in [-0.1, -0.05) is 0 Å². The van der Waals surface area contributed by atoms with Gasteiger partial charge >= 0.3 is 0 Å². The minimum Gasteiger partial charge on any atom is -0.371 e. The maximum absolute atomic E-state index is 11.8. The van der Waals surface area contributed by atoms with E-state index in [9.17, 15) is 19.2 Å². The topological polar surface area (TPSA) is 125 Å². The number of morpholine rings is 2. The van der Waals surface area contributed by atoms with Gasteiger partial charge in [-0.05, 0) is 48.5 Å². The van der Waals surface area contributed by atoms with Crippen molar-refractivity contribution in [2.24, 2.45) is 0 Å². The minimum atomic E-state index is -0.0381. The molecule has 2 aromatic carbocycles. The van der Waals surface area contributed by atoms with E-state index in [2.05, 4.69) is 0 Å². The summed E-state index contributed by atoms with van der Waals surface area (Å²) in [5.41, 5.74) is 3.31. The van der Waals surface area contributed by atoms with Crippen molar-refractivity contribution in [3.8, 4) is 0 Å². The van der Waals surface area contributed by atoms with Crippen LogP contribution >= 0.6 is 0 Å². The van der Waals surface area contributed by atoms with E-state index in [0.29, 0.717) is 52.6 Å². The molecule has 0 bridgehead atoms. The van der Waals surface area contributed by atoms with Gasteiger partial charge in [0, 0.05) is 49.7 Å². The van der Waals surface area contributed by atoms with Crippen molar-refractivity contribution in [2.45, 2.75) is 26.1 Å². The number of carbonyl (C=O) groups excluding carboxylic acids is 4. The predicted octanol–water partition coefficient (Wildman–Crippen LogP) is 1.60. The zero-order valence-electron chi connectivity index (χ0n) is 23.9. The fourth-order valence-electron chi connectivity index (χ4n) is 4.79. The second kappa shape index (κ2) is 13.4. The number of nitrogens with zero attached hydrogens (tertiary/aromatic N) is 4. The van der Waals surface area contributed by atoms with Crippen LogP contribution in [0.4, 0.5) is 22.7 Å². The van der Waals surface area contributed by atoms with Gasteiger partial charge in [-0.2, -0.15) is 0 Å². The second-order valence-corrected chi connectivity index (χ2v) is 10.4. The molecule has 4 heterocycles. The zero-order chi connectivity index (χ0) is 29.6. The van der Waals surface area contributed by atoms with E-state index < -0.39 is 0 Å². The Labute approximate surface area is 244 Å². The van der Waals surface area contributed by atoms with Crippen molar-refractivity contribution in [3.63, 3.8) is 0 Å². The van der Waals surface area contributed by atoms with Crippen LogP contribution in [0.2, 0.25) is 0 Å². The Kier molecular flexibility index (Phi) is 9.48. The monoisotopic (exact) mass is 580 g/mol. The molecule has 4 amide bonds. The molecule has 4 saturated heterocycles. The maximum atomic E-state index is 11.8. The predicted molar refractivity (Wildman–Crippen MR) is 155 cm³/mol. The molecule has 42 heavy (non-hydrogen) atoms. The van der Waals surface area contributed by atoms with Crippen molar-refractivity contribution in [1.29, 1.82) is 0 Å². The van der Waals surface area contributed by atoms with E-state index in [1.54, 1.807) is 33.4 Å². The quantitative estimate of drug-likeness (QED) is 0.432. The van der Waals surface area contributed by atoms with Crippen LogP contribution in [0.5, 0.6) is 0 Å². The summed E-state index contributed by atoms with van der Waals surface area (Å²) in [5.74, 6) is -0.103. The van der Waals surface area contributed by atoms with Crippen molar-refractivity contribution in [3.05, 3.63) is 48.5 Å². The third kappa shape index (κ3) is 7.71. The first-order valence-corrected chi connectivity index (χ1v) is 14.1. The molecule has 0 aliphatic carbocycles. The number of carbonyl (C=O) groups is 4. The molecule has 0 radical (unpaired) electrons. The molecule has 2 atom stereocenters. The fourth-order valence-corrected chi connectivity index (χ4v) is 4.79. The summed E-state index contributed by atoms with van der Waals surface area (Å²) < 4.78 is 20.6. The molecule has 4 aliphatic rings. The highest BCUT2D eigenvalue weighted by Gasteiger charge is 2.29. The lowest BCUT2D eigenvalue weighted by molar-refractivity contribution is -0.126. The molecule has 0 saturated carbocycles. The lowest BCUT2D eigenvalue weighted by Crippen LogP contribution is -2.41. The van der Waals surface area contributed by atoms with Gasteiger partial charge in [0.05, 0.1) is 51.7 Å². The molecule has 224 valence electrons. The van der Waals surface area contributed by atoms with Crippen LogP contribution in [0.25, 0.3) is 0 Å². The van der Waals surface area contributed by atoms with Crippen LogP contribution in [-0.2, 0) is 38.1 Å². The summed E-state index contributed by atoms with van der Waals surface area (Å²) in [6.07, 6.45) is 0.295. The van der Waals surface area contributed by atoms with Crippen molar-refractivity contribution in [2.75, 3.05) is 85.4 Å². The van der Waals surface area contributed by atoms with Crippen LogP contribution in [0, 0.1) is 0 Å². The van der Waals surface area contributed by atoms with Gasteiger partial charge in [0.1, 0.15) is 13.2 Å². The molecule has 12 heteroatoms. The first-order valence-electron chi connectivity index (χ1n) is 14.1. The van der Waals surface area contributed by atoms with Gasteiger partial charge in [0.15, 0.2) is 0 Å². The molecular formula is C30H36N4O8. The first kappa shape index (κ1) is 29.6. The molecular weight excluding hydrogens is 544 g/mol. The molecule has 4 fully saturated rings. The number of hydrogen-bond acceptors (Lipinski definition) is 8. The van der Waals surface area contributed by atoms with Gasteiger partial charge in [-0.15, -0.1) is 0 Å². The summed E-state index contributed by atoms with van der Waals surface area (Å²) in [5, 5.41) is 0. The molecule has 12 nitrogen and oxygen atoms in total. The van der Waals surface area contributed by atoms with E-state index in [4.69, 9.17) is 18.9 Å². The van der Waals surface area contributed by atoms with Crippen LogP contribution < -0.4 is 19.6 Å². The van der Waals surface area contributed by atoms with Gasteiger partial charge in [0.25, 0.3) is 11.8 Å². The number of benzene rings is 2. The zero-order valence-corrected chi connectivity index (χ0v) is 23.9. The van der Waals surface area contributed by atoms with Crippen LogP contribution in [0.1, 0.15) is 13.8 Å². The van der Waals surface area contributed by atoms with E-state index in [1.165, 1.54) is 0 Å². The average Bonchev–Trinajstić information content (AvgIpc) is 3.92. The molecule has 0 aromatic heterocycles. The SMILES string of the molecule is CC(=O)N(C[C@@H]1CO1)c1ccc(N2CCOCC2=O)cc1.CC(=O)N(C[C@H]1CO1)c1ccc(N2CCOCC2=O)cc1. The number of amides is 4. The Morgan fingerprint density at radius 3 is 1.33 bits per heavy atom. The second-order valence-electron chi connectivity index (χ2n) is 10.4. The van der Waals surface area contributed by atoms with Crippen molar-refractivity contribution >= 4 is 46.4 Å². The number of rotatable bonds is 8. The largest absolute Gasteiger partial charge is 0.371 e. The van der Waals surface area contributed by atoms with Gasteiger partial charge in [0.2, 0.25) is 11.8 Å². The highest BCUT2D eigenvalue weighted by atomic mass is 16.6. The summed E-state index contributed by atoms with van der Waals surface area (Å²) in [6, 6.07) is 14.9. The maximum Gasteiger partial charge on any atom is 0.253 e. The summed E-state index contributed by atoms with van der Waals surface area (Å²) in [7, 11) is 0. The highest BCUT2D eigenvalue weighted by molar-refractivity contribution is 5.97. The van der Waals surface area contributed by atoms with E-state index >= 15 is 0 Å². The first-order chi connectivity index (χ1) is 20.3. The van der Waals surface area contributed by atoms with Crippen LogP contribution in [0.3, 0.4) is 0 Å². The standard InChI is InChI=1S/2C15H18N2O4/c2*1-11(18)17(8-14-9-21-14)13-4-2-12(3-5-13)16-6-7-20-10-15(16)19/h2*2-5,14H,6-10H2,1H3/t2*14-/m10/s1. The van der Waals surface area contributed by atoms with Gasteiger partial charge < -0.3 is 38.5 Å². The summed E-state index contributed by atoms with van der Waals surface area (Å²) in [6.45, 7) is 8.13. The third-order valence-electron chi connectivity index (χ3n) is 7.26. The van der Waals surface area contributed by atoms with E-state index in [1.807, 2.05) is 48.5 Å². The Morgan fingerprint density at radius 2 is 1.05 bits per heavy atom. The van der Waals surface area contributed by atoms with Crippen LogP contribution in [0.15, 0.2) is 48.5 Å². The number of ether oxygens (including phenoxy) is 4. The Hall–Kier alpha value is -3.84. The summed E-state index contributed by atoms with van der Waals surface area (Å²) in [4.78, 5) is 53.9. The molecule has 0 N–H and O–H groups in total. The smallest absolute Gasteiger partial charge is 0.253 e. The number of epoxide rings is 2. The molecule has 0 spiro atoms. The van der Waals surface area contributed by atoms with Gasteiger partial charge in [-0.25, -0.2) is 0 Å². The fraction of sp³-hybridized carbons (Fsp3) is 0.467. The molecule has 0 unspecified atom stereocenters. The average molecular weight is 581 g/mol. The molecule has 6 rings (SSSR count). The lowest BCUT2D eigenvalue weighted by Gasteiger charge is -2.27. The number of anilines is 4. The highest BCUT2D eigenvalue weighted by Crippen LogP contribution is 2.25. The third-order valence-corrected chi connectivity index (χ3v) is 7.26. The van der Waals surface area contributed by atoms with Crippen molar-refractivity contribution < 1.29 is 38.1 Å². The van der Waals surface area contributed by atoms with E-state index in [-0.39, 0.29) is 49.1 Å². The Balaban J connectivity index is 0.000000168. The molecule has 2 aromatic rings. The Bertz CT molecular complexity index is 1180. The lowest BCUT2D eigenvalue weighted by atomic mass is 10.2. The van der Waals surface area contributed by atoms with Crippen molar-refractivity contribution in [1.82, 2.24) is 0 Å². The van der Waals surface area contributed by atoms with Crippen LogP contribution in [-0.4, -0.2) is 102 Å². The summed E-state index contributed by atoms with van der Waals surface area (Å²) >= 11 is 0.